The summed E-state index contributed by atoms with van der Waals surface area (Å²) >= 11 is 0. The molecule has 0 unspecified atom stereocenters. The second-order valence-corrected chi connectivity index (χ2v) is 17.3. The maximum atomic E-state index is 13.9. The molecule has 2 aromatic heterocycles. The number of hydrogen-bond donors (Lipinski definition) is 3. The summed E-state index contributed by atoms with van der Waals surface area (Å²) in [7, 11) is 2.96. The molecule has 1 fully saturated rings. The number of nitrogens with zero attached hydrogens (tertiary/aromatic N) is 4. The highest BCUT2D eigenvalue weighted by molar-refractivity contribution is 6.07. The molecule has 3 amide bonds. The van der Waals surface area contributed by atoms with E-state index in [0.717, 1.165) is 74.2 Å². The standard InChI is InChI=1S/C45H57N7O7/c1-10-27(4)39(50-43(54)57-9)42(53)52-21-25(2)15-36(52)41-46-19-35(48-41)29-11-13-31-30(16-29)24-58-37-18-32-28(17-33(31)37)12-14-34-40(32)49-38(47-34)22-51(20-26(3)23-56-8)44(55)59-45(5,6)7/h11-14,16-19,25-27,36,39H,10,15,20-24H2,1-9H3,(H,46,48)(H,47,49)(H,50,54)/t25-,26-,27-,36-,39-/m0/s1. The predicted molar refractivity (Wildman–Crippen MR) is 226 cm³/mol. The summed E-state index contributed by atoms with van der Waals surface area (Å²) < 4.78 is 22.3. The molecule has 0 bridgehead atoms. The number of H-pyrrole nitrogens is 2. The van der Waals surface area contributed by atoms with Gasteiger partial charge in [-0.15, -0.1) is 0 Å². The number of aromatic amines is 2. The van der Waals surface area contributed by atoms with E-state index < -0.39 is 23.8 Å². The van der Waals surface area contributed by atoms with Gasteiger partial charge in [-0.25, -0.2) is 19.6 Å². The van der Waals surface area contributed by atoms with Crippen LogP contribution in [-0.4, -0.2) is 93.4 Å². The number of aromatic nitrogens is 4. The van der Waals surface area contributed by atoms with Gasteiger partial charge >= 0.3 is 12.2 Å². The van der Waals surface area contributed by atoms with Crippen LogP contribution in [0, 0.1) is 17.8 Å². The van der Waals surface area contributed by atoms with Crippen molar-refractivity contribution in [1.82, 2.24) is 35.1 Å². The maximum Gasteiger partial charge on any atom is 0.410 e. The van der Waals surface area contributed by atoms with Gasteiger partial charge in [0, 0.05) is 31.1 Å². The Morgan fingerprint density at radius 3 is 2.59 bits per heavy atom. The van der Waals surface area contributed by atoms with Gasteiger partial charge in [-0.05, 0) is 91.3 Å². The first-order chi connectivity index (χ1) is 28.2. The maximum absolute atomic E-state index is 13.9. The Labute approximate surface area is 345 Å². The van der Waals surface area contributed by atoms with Gasteiger partial charge in [0.15, 0.2) is 0 Å². The molecule has 59 heavy (non-hydrogen) atoms. The highest BCUT2D eigenvalue weighted by atomic mass is 16.6. The van der Waals surface area contributed by atoms with Crippen LogP contribution in [-0.2, 0) is 32.2 Å². The van der Waals surface area contributed by atoms with E-state index in [2.05, 4.69) is 58.6 Å². The van der Waals surface area contributed by atoms with E-state index in [1.54, 1.807) is 12.0 Å². The van der Waals surface area contributed by atoms with E-state index in [1.807, 2.05) is 58.7 Å². The molecule has 0 aliphatic carbocycles. The molecule has 7 rings (SSSR count). The van der Waals surface area contributed by atoms with Gasteiger partial charge in [0.1, 0.15) is 35.6 Å². The summed E-state index contributed by atoms with van der Waals surface area (Å²) in [6.07, 6.45) is 2.30. The van der Waals surface area contributed by atoms with Crippen molar-refractivity contribution in [3.63, 3.8) is 0 Å². The van der Waals surface area contributed by atoms with Crippen LogP contribution in [0.5, 0.6) is 5.75 Å². The fraction of sp³-hybridized carbons (Fsp3) is 0.489. The molecule has 3 aromatic carbocycles. The average molecular weight is 808 g/mol. The summed E-state index contributed by atoms with van der Waals surface area (Å²) in [5.41, 5.74) is 6.00. The molecule has 14 nitrogen and oxygen atoms in total. The monoisotopic (exact) mass is 807 g/mol. The third-order valence-electron chi connectivity index (χ3n) is 11.3. The zero-order valence-corrected chi connectivity index (χ0v) is 35.6. The highest BCUT2D eigenvalue weighted by Gasteiger charge is 2.40. The molecule has 4 heterocycles. The summed E-state index contributed by atoms with van der Waals surface area (Å²) in [4.78, 5) is 59.6. The van der Waals surface area contributed by atoms with Crippen LogP contribution in [0.3, 0.4) is 0 Å². The second-order valence-electron chi connectivity index (χ2n) is 17.3. The lowest BCUT2D eigenvalue weighted by atomic mass is 9.92. The first-order valence-electron chi connectivity index (χ1n) is 20.5. The summed E-state index contributed by atoms with van der Waals surface area (Å²) in [6, 6.07) is 13.7. The number of carbonyl (C=O) groups excluding carboxylic acids is 3. The number of fused-ring (bicyclic) bond motifs is 6. The smallest absolute Gasteiger partial charge is 0.410 e. The van der Waals surface area contributed by atoms with Crippen molar-refractivity contribution in [3.05, 3.63) is 65.9 Å². The van der Waals surface area contributed by atoms with E-state index in [1.165, 1.54) is 7.11 Å². The molecular weight excluding hydrogens is 751 g/mol. The number of likely N-dealkylation sites (tertiary alicyclic amines) is 1. The molecule has 5 atom stereocenters. The zero-order valence-electron chi connectivity index (χ0n) is 35.6. The minimum atomic E-state index is -0.694. The minimum absolute atomic E-state index is 0.0698. The van der Waals surface area contributed by atoms with Gasteiger partial charge in [-0.1, -0.05) is 52.3 Å². The third kappa shape index (κ3) is 8.87. The number of carbonyl (C=O) groups is 3. The van der Waals surface area contributed by atoms with Crippen molar-refractivity contribution in [2.45, 2.75) is 92.1 Å². The van der Waals surface area contributed by atoms with Gasteiger partial charge < -0.3 is 44.0 Å². The number of benzene rings is 3. The Morgan fingerprint density at radius 2 is 1.86 bits per heavy atom. The number of rotatable bonds is 12. The molecule has 0 radical (unpaired) electrons. The Bertz CT molecular complexity index is 2350. The van der Waals surface area contributed by atoms with Gasteiger partial charge in [-0.2, -0.15) is 0 Å². The van der Waals surface area contributed by atoms with Crippen molar-refractivity contribution in [1.29, 1.82) is 0 Å². The molecule has 1 saturated heterocycles. The average Bonchev–Trinajstić information content (AvgIpc) is 3.96. The van der Waals surface area contributed by atoms with Crippen LogP contribution in [0.15, 0.2) is 48.7 Å². The predicted octanol–water partition coefficient (Wildman–Crippen LogP) is 8.37. The van der Waals surface area contributed by atoms with Crippen molar-refractivity contribution in [2.24, 2.45) is 17.8 Å². The Balaban J connectivity index is 1.12. The van der Waals surface area contributed by atoms with Crippen molar-refractivity contribution in [2.75, 3.05) is 33.9 Å². The second kappa shape index (κ2) is 16.9. The van der Waals surface area contributed by atoms with Crippen LogP contribution in [0.1, 0.15) is 84.6 Å². The lowest BCUT2D eigenvalue weighted by Crippen LogP contribution is -2.51. The van der Waals surface area contributed by atoms with Crippen LogP contribution >= 0.6 is 0 Å². The van der Waals surface area contributed by atoms with E-state index in [-0.39, 0.29) is 36.2 Å². The van der Waals surface area contributed by atoms with Crippen LogP contribution in [0.25, 0.3) is 44.2 Å². The van der Waals surface area contributed by atoms with E-state index in [0.29, 0.717) is 32.1 Å². The molecule has 14 heteroatoms. The molecule has 0 saturated carbocycles. The first-order valence-corrected chi connectivity index (χ1v) is 20.5. The van der Waals surface area contributed by atoms with Crippen molar-refractivity contribution in [3.8, 4) is 28.1 Å². The SMILES string of the molecule is CC[C@H](C)[C@H](NC(=O)OC)C(=O)N1C[C@@H](C)C[C@H]1c1ncc(-c2ccc3c(c2)COc2cc4c(ccc5[nH]c(CN(C[C@H](C)COC)C(=O)OC(C)(C)C)nc54)cc2-3)[nH]1. The third-order valence-corrected chi connectivity index (χ3v) is 11.3. The largest absolute Gasteiger partial charge is 0.488 e. The highest BCUT2D eigenvalue weighted by Crippen LogP contribution is 2.43. The minimum Gasteiger partial charge on any atom is -0.488 e. The van der Waals surface area contributed by atoms with Gasteiger partial charge in [0.25, 0.3) is 0 Å². The van der Waals surface area contributed by atoms with Crippen molar-refractivity contribution < 1.29 is 33.3 Å². The molecular formula is C45H57N7O7. The molecule has 3 N–H and O–H groups in total. The van der Waals surface area contributed by atoms with Crippen LogP contribution in [0.2, 0.25) is 0 Å². The molecule has 2 aliphatic rings. The number of alkyl carbamates (subject to hydrolysis) is 1. The Morgan fingerprint density at radius 1 is 1.07 bits per heavy atom. The first kappa shape index (κ1) is 41.5. The topological polar surface area (TPSA) is 164 Å². The van der Waals surface area contributed by atoms with Crippen LogP contribution < -0.4 is 10.1 Å². The lowest BCUT2D eigenvalue weighted by molar-refractivity contribution is -0.135. The summed E-state index contributed by atoms with van der Waals surface area (Å²) in [5, 5.41) is 4.75. The molecule has 5 aromatic rings. The number of imidazole rings is 2. The van der Waals surface area contributed by atoms with Gasteiger partial charge in [-0.3, -0.25) is 4.79 Å². The normalized spacial score (nSPS) is 17.8. The van der Waals surface area contributed by atoms with E-state index in [9.17, 15) is 14.4 Å². The quantitative estimate of drug-likeness (QED) is 0.112. The fourth-order valence-corrected chi connectivity index (χ4v) is 8.25. The van der Waals surface area contributed by atoms with E-state index in [4.69, 9.17) is 28.9 Å². The Kier molecular flexibility index (Phi) is 11.9. The number of amides is 3. The summed E-state index contributed by atoms with van der Waals surface area (Å²) in [5.74, 6) is 2.33. The number of ether oxygens (including phenoxy) is 4. The van der Waals surface area contributed by atoms with Crippen molar-refractivity contribution >= 4 is 39.9 Å². The Hall–Kier alpha value is -5.63. The molecule has 2 aliphatic heterocycles. The lowest BCUT2D eigenvalue weighted by Gasteiger charge is -2.30. The van der Waals surface area contributed by atoms with E-state index >= 15 is 0 Å². The molecule has 0 spiro atoms. The molecule has 314 valence electrons. The number of nitrogens with one attached hydrogen (secondary N) is 3. The number of methoxy groups -OCH3 is 2. The fourth-order valence-electron chi connectivity index (χ4n) is 8.25. The summed E-state index contributed by atoms with van der Waals surface area (Å²) in [6.45, 7) is 15.9. The van der Waals surface area contributed by atoms with Gasteiger partial charge in [0.05, 0.1) is 49.2 Å². The number of hydrogen-bond acceptors (Lipinski definition) is 9. The van der Waals surface area contributed by atoms with Crippen LogP contribution in [0.4, 0.5) is 9.59 Å². The van der Waals surface area contributed by atoms with Gasteiger partial charge in [0.2, 0.25) is 5.91 Å². The zero-order chi connectivity index (χ0) is 42.2.